The topological polar surface area (TPSA) is 6.48 Å². The molecule has 0 aromatic carbocycles. The summed E-state index contributed by atoms with van der Waals surface area (Å²) in [6.07, 6.45) is 7.89. The van der Waals surface area contributed by atoms with Crippen LogP contribution in [0.5, 0.6) is 0 Å². The molecule has 1 aliphatic heterocycles. The molecule has 0 unspecified atom stereocenters. The largest absolute Gasteiger partial charge is 0.306 e. The third kappa shape index (κ3) is 6.72. The van der Waals surface area contributed by atoms with Crippen LogP contribution in [-0.2, 0) is 0 Å². The fraction of sp³-hybridized carbons (Fsp3) is 1.00. The number of nitrogens with zero attached hydrogens (tertiary/aromatic N) is 2. The minimum atomic E-state index is 0.818. The average Bonchev–Trinajstić information content (AvgIpc) is 2.77. The zero-order valence-corrected chi connectivity index (χ0v) is 11.5. The highest BCUT2D eigenvalue weighted by atomic mass is 35.5. The van der Waals surface area contributed by atoms with Crippen molar-refractivity contribution in [3.05, 3.63) is 0 Å². The summed E-state index contributed by atoms with van der Waals surface area (Å²) >= 11 is 5.65. The summed E-state index contributed by atoms with van der Waals surface area (Å²) in [5.41, 5.74) is 0. The van der Waals surface area contributed by atoms with Crippen molar-refractivity contribution in [2.24, 2.45) is 0 Å². The molecule has 0 aromatic heterocycles. The van der Waals surface area contributed by atoms with E-state index < -0.39 is 0 Å². The van der Waals surface area contributed by atoms with E-state index in [9.17, 15) is 0 Å². The Kier molecular flexibility index (Phi) is 8.26. The van der Waals surface area contributed by atoms with Crippen molar-refractivity contribution in [2.75, 3.05) is 45.7 Å². The number of hydrogen-bond acceptors (Lipinski definition) is 2. The SMILES string of the molecule is CN(CCCCCCl)CCCN1CCCC1. The van der Waals surface area contributed by atoms with Gasteiger partial charge in [-0.1, -0.05) is 6.42 Å². The van der Waals surface area contributed by atoms with Crippen LogP contribution in [0.3, 0.4) is 0 Å². The molecule has 0 aliphatic carbocycles. The number of hydrogen-bond donors (Lipinski definition) is 0. The van der Waals surface area contributed by atoms with Gasteiger partial charge in [-0.25, -0.2) is 0 Å². The van der Waals surface area contributed by atoms with Crippen LogP contribution in [-0.4, -0.2) is 55.5 Å². The first-order valence-electron chi connectivity index (χ1n) is 6.80. The summed E-state index contributed by atoms with van der Waals surface area (Å²) < 4.78 is 0. The highest BCUT2D eigenvalue weighted by molar-refractivity contribution is 6.17. The van der Waals surface area contributed by atoms with E-state index in [4.69, 9.17) is 11.6 Å². The summed E-state index contributed by atoms with van der Waals surface area (Å²) in [4.78, 5) is 5.06. The van der Waals surface area contributed by atoms with Gasteiger partial charge in [0.15, 0.2) is 0 Å². The van der Waals surface area contributed by atoms with Crippen LogP contribution < -0.4 is 0 Å². The van der Waals surface area contributed by atoms with Crippen molar-refractivity contribution in [1.82, 2.24) is 9.80 Å². The van der Waals surface area contributed by atoms with Gasteiger partial charge in [0.05, 0.1) is 0 Å². The van der Waals surface area contributed by atoms with Crippen LogP contribution in [0.4, 0.5) is 0 Å². The number of unbranched alkanes of at least 4 members (excludes halogenated alkanes) is 2. The second kappa shape index (κ2) is 9.26. The van der Waals surface area contributed by atoms with Gasteiger partial charge in [0, 0.05) is 5.88 Å². The third-order valence-electron chi connectivity index (χ3n) is 3.39. The van der Waals surface area contributed by atoms with E-state index in [-0.39, 0.29) is 0 Å². The first kappa shape index (κ1) is 14.3. The number of halogens is 1. The molecule has 0 amide bonds. The zero-order chi connectivity index (χ0) is 11.6. The van der Waals surface area contributed by atoms with Crippen LogP contribution in [0, 0.1) is 0 Å². The predicted octanol–water partition coefficient (Wildman–Crippen LogP) is 2.81. The first-order chi connectivity index (χ1) is 7.83. The van der Waals surface area contributed by atoms with E-state index in [1.807, 2.05) is 0 Å². The summed E-state index contributed by atoms with van der Waals surface area (Å²) in [6, 6.07) is 0. The van der Waals surface area contributed by atoms with E-state index in [0.717, 1.165) is 5.88 Å². The van der Waals surface area contributed by atoms with Gasteiger partial charge in [0.25, 0.3) is 0 Å². The summed E-state index contributed by atoms with van der Waals surface area (Å²) in [7, 11) is 2.24. The second-order valence-electron chi connectivity index (χ2n) is 4.96. The van der Waals surface area contributed by atoms with Gasteiger partial charge in [-0.05, 0) is 71.9 Å². The lowest BCUT2D eigenvalue weighted by atomic mass is 10.2. The molecule has 1 saturated heterocycles. The Morgan fingerprint density at radius 2 is 1.69 bits per heavy atom. The van der Waals surface area contributed by atoms with E-state index in [0.29, 0.717) is 0 Å². The lowest BCUT2D eigenvalue weighted by molar-refractivity contribution is 0.276. The molecular formula is C13H27ClN2. The van der Waals surface area contributed by atoms with Crippen molar-refractivity contribution in [3.8, 4) is 0 Å². The molecular weight excluding hydrogens is 220 g/mol. The maximum absolute atomic E-state index is 5.65. The van der Waals surface area contributed by atoms with E-state index in [1.165, 1.54) is 71.2 Å². The van der Waals surface area contributed by atoms with Crippen molar-refractivity contribution < 1.29 is 0 Å². The summed E-state index contributed by atoms with van der Waals surface area (Å²) in [6.45, 7) is 6.44. The van der Waals surface area contributed by atoms with Gasteiger partial charge in [-0.15, -0.1) is 11.6 Å². The monoisotopic (exact) mass is 246 g/mol. The standard InChI is InChI=1S/C13H27ClN2/c1-15(9-4-2-3-8-14)10-7-13-16-11-5-6-12-16/h2-13H2,1H3. The van der Waals surface area contributed by atoms with Crippen molar-refractivity contribution in [2.45, 2.75) is 38.5 Å². The van der Waals surface area contributed by atoms with Crippen LogP contribution in [0.1, 0.15) is 38.5 Å². The lowest BCUT2D eigenvalue weighted by Gasteiger charge is -2.19. The van der Waals surface area contributed by atoms with Gasteiger partial charge >= 0.3 is 0 Å². The van der Waals surface area contributed by atoms with Gasteiger partial charge in [0.2, 0.25) is 0 Å². The fourth-order valence-corrected chi connectivity index (χ4v) is 2.52. The first-order valence-corrected chi connectivity index (χ1v) is 7.33. The maximum atomic E-state index is 5.65. The van der Waals surface area contributed by atoms with Gasteiger partial charge in [0.1, 0.15) is 0 Å². The van der Waals surface area contributed by atoms with Crippen molar-refractivity contribution >= 4 is 11.6 Å². The molecule has 0 saturated carbocycles. The maximum Gasteiger partial charge on any atom is 0.0223 e. The molecule has 0 aromatic rings. The molecule has 0 bridgehead atoms. The third-order valence-corrected chi connectivity index (χ3v) is 3.65. The predicted molar refractivity (Wildman–Crippen MR) is 72.4 cm³/mol. The van der Waals surface area contributed by atoms with Crippen LogP contribution >= 0.6 is 11.6 Å². The molecule has 0 atom stereocenters. The Balaban J connectivity index is 1.87. The molecule has 0 spiro atoms. The number of likely N-dealkylation sites (tertiary alicyclic amines) is 1. The van der Waals surface area contributed by atoms with Crippen LogP contribution in [0.2, 0.25) is 0 Å². The van der Waals surface area contributed by atoms with Crippen molar-refractivity contribution in [3.63, 3.8) is 0 Å². The highest BCUT2D eigenvalue weighted by Gasteiger charge is 2.10. The van der Waals surface area contributed by atoms with Crippen LogP contribution in [0.25, 0.3) is 0 Å². The molecule has 2 nitrogen and oxygen atoms in total. The van der Waals surface area contributed by atoms with Crippen molar-refractivity contribution in [1.29, 1.82) is 0 Å². The van der Waals surface area contributed by atoms with Gasteiger partial charge in [-0.3, -0.25) is 0 Å². The zero-order valence-electron chi connectivity index (χ0n) is 10.8. The molecule has 0 N–H and O–H groups in total. The highest BCUT2D eigenvalue weighted by Crippen LogP contribution is 2.07. The Morgan fingerprint density at radius 3 is 2.38 bits per heavy atom. The smallest absolute Gasteiger partial charge is 0.0223 e. The molecule has 1 aliphatic rings. The Labute approximate surface area is 106 Å². The molecule has 96 valence electrons. The van der Waals surface area contributed by atoms with Gasteiger partial charge < -0.3 is 9.80 Å². The number of alkyl halides is 1. The Hall–Kier alpha value is 0.210. The molecule has 1 fully saturated rings. The van der Waals surface area contributed by atoms with Gasteiger partial charge in [-0.2, -0.15) is 0 Å². The molecule has 3 heteroatoms. The Bertz CT molecular complexity index is 158. The normalized spacial score (nSPS) is 17.4. The second-order valence-corrected chi connectivity index (χ2v) is 5.33. The quantitative estimate of drug-likeness (QED) is 0.456. The molecule has 1 rings (SSSR count). The molecule has 0 radical (unpaired) electrons. The lowest BCUT2D eigenvalue weighted by Crippen LogP contribution is -2.26. The fourth-order valence-electron chi connectivity index (χ4n) is 2.34. The molecule has 16 heavy (non-hydrogen) atoms. The minimum absolute atomic E-state index is 0.818. The van der Waals surface area contributed by atoms with E-state index in [1.54, 1.807) is 0 Å². The summed E-state index contributed by atoms with van der Waals surface area (Å²) in [5, 5.41) is 0. The molecule has 1 heterocycles. The van der Waals surface area contributed by atoms with E-state index >= 15 is 0 Å². The van der Waals surface area contributed by atoms with E-state index in [2.05, 4.69) is 16.8 Å². The Morgan fingerprint density at radius 1 is 1.00 bits per heavy atom. The number of rotatable bonds is 9. The average molecular weight is 247 g/mol. The summed E-state index contributed by atoms with van der Waals surface area (Å²) in [5.74, 6) is 0.818. The minimum Gasteiger partial charge on any atom is -0.306 e. The van der Waals surface area contributed by atoms with Crippen LogP contribution in [0.15, 0.2) is 0 Å².